The lowest BCUT2D eigenvalue weighted by atomic mass is 9.90. The number of H-pyrrole nitrogens is 2. The van der Waals surface area contributed by atoms with Crippen molar-refractivity contribution in [3.05, 3.63) is 102 Å². The summed E-state index contributed by atoms with van der Waals surface area (Å²) in [6.07, 6.45) is 3.30. The van der Waals surface area contributed by atoms with Crippen LogP contribution in [0.4, 0.5) is 4.39 Å². The van der Waals surface area contributed by atoms with Crippen LogP contribution in [-0.4, -0.2) is 95.3 Å². The summed E-state index contributed by atoms with van der Waals surface area (Å²) in [4.78, 5) is 34.5. The number of rotatable bonds is 13. The molecule has 0 aliphatic carbocycles. The Hall–Kier alpha value is -5.42. The number of methoxy groups -OCH3 is 1. The van der Waals surface area contributed by atoms with Crippen LogP contribution in [0.3, 0.4) is 0 Å². The molecule has 338 valence electrons. The lowest BCUT2D eigenvalue weighted by molar-refractivity contribution is -0.145. The Labute approximate surface area is 373 Å². The van der Waals surface area contributed by atoms with E-state index in [0.29, 0.717) is 52.4 Å². The number of aromatic amines is 2. The lowest BCUT2D eigenvalue weighted by Crippen LogP contribution is -2.53. The molecule has 15 heteroatoms. The summed E-state index contributed by atoms with van der Waals surface area (Å²) in [5.41, 5.74) is 11.9. The normalized spacial score (nSPS) is 21.6. The Morgan fingerprint density at radius 2 is 1.62 bits per heavy atom. The van der Waals surface area contributed by atoms with E-state index in [1.807, 2.05) is 109 Å². The van der Waals surface area contributed by atoms with Gasteiger partial charge < -0.3 is 40.3 Å². The van der Waals surface area contributed by atoms with Gasteiger partial charge in [-0.3, -0.25) is 19.6 Å². The van der Waals surface area contributed by atoms with Crippen LogP contribution in [0.5, 0.6) is 5.75 Å². The minimum atomic E-state index is -1.28. The first-order chi connectivity index (χ1) is 30.6. The van der Waals surface area contributed by atoms with Gasteiger partial charge in [-0.05, 0) is 60.8 Å². The quantitative estimate of drug-likeness (QED) is 0.0638. The van der Waals surface area contributed by atoms with Gasteiger partial charge in [0.05, 0.1) is 53.1 Å². The molecular weight excluding hydrogens is 814 g/mol. The Kier molecular flexibility index (Phi) is 11.8. The summed E-state index contributed by atoms with van der Waals surface area (Å²) in [5.74, 6) is 1.46. The molecule has 64 heavy (non-hydrogen) atoms. The summed E-state index contributed by atoms with van der Waals surface area (Å²) in [6.45, 7) is 13.4. The smallest absolute Gasteiger partial charge is 0.240 e. The molecule has 7 atom stereocenters. The average molecular weight is 874 g/mol. The minimum Gasteiger partial charge on any atom is -0.465 e. The number of aliphatic hydroxyl groups excluding tert-OH is 2. The topological polar surface area (TPSA) is 183 Å². The van der Waals surface area contributed by atoms with Crippen LogP contribution in [0.2, 0.25) is 0 Å². The van der Waals surface area contributed by atoms with Gasteiger partial charge in [0, 0.05) is 53.9 Å². The number of halogens is 1. The second-order valence-electron chi connectivity index (χ2n) is 19.2. The first-order valence-corrected chi connectivity index (χ1v) is 22.4. The van der Waals surface area contributed by atoms with Crippen LogP contribution in [-0.2, 0) is 9.53 Å². The molecule has 2 saturated heterocycles. The van der Waals surface area contributed by atoms with Gasteiger partial charge in [-0.15, -0.1) is 0 Å². The van der Waals surface area contributed by atoms with E-state index in [2.05, 4.69) is 29.1 Å². The molecule has 0 spiro atoms. The van der Waals surface area contributed by atoms with E-state index >= 15 is 4.39 Å². The predicted octanol–water partition coefficient (Wildman–Crippen LogP) is 7.44. The SMILES string of the molecule is COC(O)NC(C(=O)N1CC(C)(C)CC1c1ncc(-c2ccc3c(c2)c(F)c2n3C(c3ccccc3)Oc3cc(-c4cnc(C5CCCN5C(O)C(N)C(C)C)[nH]4)ccc3-2)[nH]1)C(C)C. The summed E-state index contributed by atoms with van der Waals surface area (Å²) in [7, 11) is 1.38. The highest BCUT2D eigenvalue weighted by Crippen LogP contribution is 2.48. The number of amides is 1. The number of imidazole rings is 2. The number of nitrogens with two attached hydrogens (primary N) is 1. The Balaban J connectivity index is 1.05. The number of aromatic nitrogens is 5. The molecule has 3 aromatic heterocycles. The number of ether oxygens (including phenoxy) is 2. The average Bonchev–Trinajstić information content (AvgIpc) is 4.15. The maximum Gasteiger partial charge on any atom is 0.240 e. The van der Waals surface area contributed by atoms with Crippen LogP contribution in [0, 0.1) is 23.1 Å². The fourth-order valence-corrected chi connectivity index (χ4v) is 9.89. The number of carbonyl (C=O) groups excluding carboxylic acids is 1. The van der Waals surface area contributed by atoms with E-state index in [1.165, 1.54) is 7.11 Å². The van der Waals surface area contributed by atoms with E-state index < -0.39 is 24.9 Å². The van der Waals surface area contributed by atoms with Crippen LogP contribution >= 0.6 is 0 Å². The standard InChI is InChI=1S/C49H60FN9O5/c1-26(2)40(51)45(60)57-19-11-14-36(57)43-52-24-34(54-43)30-15-17-31-38(21-30)64-47(28-12-9-8-10-13-28)59-35-18-16-29(20-32(35)39(50)42(31)59)33-23-53-44(55-33)37-22-49(5,6)25-58(37)46(61)41(27(3)4)56-48(62)63-7/h8-10,12-13,15-18,20-21,23-24,26-27,36-37,40-41,45,47-48,56,60,62H,11,14,19,22,25,51H2,1-7H3,(H,52,54)(H,53,55). The third-order valence-electron chi connectivity index (χ3n) is 13.4. The molecule has 7 N–H and O–H groups in total. The summed E-state index contributed by atoms with van der Waals surface area (Å²) in [5, 5.41) is 24.7. The molecule has 1 amide bonds. The highest BCUT2D eigenvalue weighted by Gasteiger charge is 2.45. The van der Waals surface area contributed by atoms with Crippen LogP contribution in [0.25, 0.3) is 44.7 Å². The Morgan fingerprint density at radius 1 is 0.953 bits per heavy atom. The van der Waals surface area contributed by atoms with Crippen molar-refractivity contribution < 1.29 is 28.9 Å². The highest BCUT2D eigenvalue weighted by atomic mass is 19.1. The minimum absolute atomic E-state index is 0.0937. The predicted molar refractivity (Wildman–Crippen MR) is 243 cm³/mol. The third kappa shape index (κ3) is 7.92. The summed E-state index contributed by atoms with van der Waals surface area (Å²) in [6, 6.07) is 19.9. The third-order valence-corrected chi connectivity index (χ3v) is 13.4. The first kappa shape index (κ1) is 43.8. The fourth-order valence-electron chi connectivity index (χ4n) is 9.89. The second-order valence-corrected chi connectivity index (χ2v) is 19.2. The number of hydrogen-bond acceptors (Lipinski definition) is 10. The van der Waals surface area contributed by atoms with Crippen molar-refractivity contribution in [3.8, 4) is 39.5 Å². The number of nitrogens with one attached hydrogen (secondary N) is 3. The van der Waals surface area contributed by atoms with Gasteiger partial charge >= 0.3 is 0 Å². The van der Waals surface area contributed by atoms with Gasteiger partial charge in [0.1, 0.15) is 23.6 Å². The molecule has 7 unspecified atom stereocenters. The number of aliphatic hydroxyl groups is 2. The second kappa shape index (κ2) is 17.2. The van der Waals surface area contributed by atoms with Gasteiger partial charge in [-0.25, -0.2) is 14.4 Å². The Bertz CT molecular complexity index is 2640. The van der Waals surface area contributed by atoms with Crippen LogP contribution in [0.15, 0.2) is 79.1 Å². The molecule has 9 rings (SSSR count). The van der Waals surface area contributed by atoms with Crippen molar-refractivity contribution >= 4 is 16.8 Å². The first-order valence-electron chi connectivity index (χ1n) is 22.4. The number of nitrogens with zero attached hydrogens (tertiary/aromatic N) is 5. The van der Waals surface area contributed by atoms with Gasteiger partial charge in [-0.2, -0.15) is 0 Å². The van der Waals surface area contributed by atoms with Crippen LogP contribution < -0.4 is 15.8 Å². The zero-order chi connectivity index (χ0) is 45.2. The maximum atomic E-state index is 17.3. The van der Waals surface area contributed by atoms with Crippen molar-refractivity contribution in [1.82, 2.24) is 39.6 Å². The van der Waals surface area contributed by atoms with E-state index in [9.17, 15) is 15.0 Å². The zero-order valence-electron chi connectivity index (χ0n) is 37.5. The molecule has 0 bridgehead atoms. The number of hydrogen-bond donors (Lipinski definition) is 6. The highest BCUT2D eigenvalue weighted by molar-refractivity contribution is 5.93. The molecule has 3 aliphatic heterocycles. The van der Waals surface area contributed by atoms with E-state index in [-0.39, 0.29) is 47.1 Å². The molecular formula is C49H60FN9O5. The zero-order valence-corrected chi connectivity index (χ0v) is 37.5. The van der Waals surface area contributed by atoms with Gasteiger partial charge in [0.2, 0.25) is 18.5 Å². The van der Waals surface area contributed by atoms with Gasteiger partial charge in [0.15, 0.2) is 5.82 Å². The van der Waals surface area contributed by atoms with Crippen molar-refractivity contribution in [3.63, 3.8) is 0 Å². The van der Waals surface area contributed by atoms with Crippen molar-refractivity contribution in [1.29, 1.82) is 0 Å². The number of benzene rings is 3. The maximum absolute atomic E-state index is 17.3. The molecule has 14 nitrogen and oxygen atoms in total. The van der Waals surface area contributed by atoms with Crippen molar-refractivity contribution in [2.24, 2.45) is 23.0 Å². The molecule has 2 fully saturated rings. The molecule has 3 aliphatic rings. The lowest BCUT2D eigenvalue weighted by Gasteiger charge is -2.33. The largest absolute Gasteiger partial charge is 0.465 e. The number of carbonyl (C=O) groups is 1. The van der Waals surface area contributed by atoms with Gasteiger partial charge in [0.25, 0.3) is 0 Å². The monoisotopic (exact) mass is 873 g/mol. The number of fused-ring (bicyclic) bond motifs is 5. The van der Waals surface area contributed by atoms with E-state index in [4.69, 9.17) is 25.2 Å². The fraction of sp³-hybridized carbons (Fsp3) is 0.449. The Morgan fingerprint density at radius 3 is 2.30 bits per heavy atom. The van der Waals surface area contributed by atoms with E-state index in [1.54, 1.807) is 12.4 Å². The van der Waals surface area contributed by atoms with E-state index in [0.717, 1.165) is 47.6 Å². The number of likely N-dealkylation sites (tertiary alicyclic amines) is 2. The molecule has 6 aromatic rings. The molecule has 0 saturated carbocycles. The summed E-state index contributed by atoms with van der Waals surface area (Å²) < 4.78 is 31.1. The van der Waals surface area contributed by atoms with Crippen LogP contribution in [0.1, 0.15) is 96.3 Å². The van der Waals surface area contributed by atoms with Crippen molar-refractivity contribution in [2.45, 2.75) is 104 Å². The molecule has 6 heterocycles. The van der Waals surface area contributed by atoms with Gasteiger partial charge in [-0.1, -0.05) is 84.0 Å². The summed E-state index contributed by atoms with van der Waals surface area (Å²) >= 11 is 0. The molecule has 3 aromatic carbocycles. The van der Waals surface area contributed by atoms with Crippen molar-refractivity contribution in [2.75, 3.05) is 20.2 Å². The molecule has 0 radical (unpaired) electrons.